The summed E-state index contributed by atoms with van der Waals surface area (Å²) in [6, 6.07) is 8.93. The highest BCUT2D eigenvalue weighted by Gasteiger charge is 2.34. The Morgan fingerprint density at radius 3 is 2.62 bits per heavy atom. The van der Waals surface area contributed by atoms with Crippen LogP contribution in [-0.4, -0.2) is 96.0 Å². The number of hydrogen-bond acceptors (Lipinski definition) is 6. The SMILES string of the molecule is O=C(c1nn(C2CCCN(CCN3CCCC3)C2)c2c1CSc1ccccc1-2)N1CCOCC1. The maximum absolute atomic E-state index is 13.6. The first kappa shape index (κ1) is 22.6. The topological polar surface area (TPSA) is 53.8 Å². The Balaban J connectivity index is 1.30. The molecule has 4 aliphatic rings. The molecule has 1 amide bonds. The minimum Gasteiger partial charge on any atom is -0.378 e. The smallest absolute Gasteiger partial charge is 0.274 e. The molecule has 3 fully saturated rings. The molecule has 8 heteroatoms. The number of benzene rings is 1. The van der Waals surface area contributed by atoms with Crippen molar-refractivity contribution in [3.63, 3.8) is 0 Å². The summed E-state index contributed by atoms with van der Waals surface area (Å²) >= 11 is 1.83. The Bertz CT molecular complexity index is 1030. The van der Waals surface area contributed by atoms with E-state index in [4.69, 9.17) is 9.84 Å². The first-order chi connectivity index (χ1) is 16.8. The molecule has 2 aromatic rings. The number of ether oxygens (including phenoxy) is 1. The van der Waals surface area contributed by atoms with Gasteiger partial charge < -0.3 is 14.5 Å². The van der Waals surface area contributed by atoms with Gasteiger partial charge in [0.05, 0.1) is 24.9 Å². The van der Waals surface area contributed by atoms with Crippen molar-refractivity contribution in [2.24, 2.45) is 0 Å². The number of carbonyl (C=O) groups is 1. The zero-order chi connectivity index (χ0) is 22.9. The fourth-order valence-corrected chi connectivity index (χ4v) is 6.97. The van der Waals surface area contributed by atoms with Crippen molar-refractivity contribution in [2.45, 2.75) is 42.4 Å². The van der Waals surface area contributed by atoms with Crippen LogP contribution in [0, 0.1) is 0 Å². The molecule has 0 N–H and O–H groups in total. The molecule has 34 heavy (non-hydrogen) atoms. The lowest BCUT2D eigenvalue weighted by molar-refractivity contribution is 0.0297. The standard InChI is InChI=1S/C26H35N5O2S/c32-26(30-14-16-33-17-15-30)24-22-19-34-23-8-2-1-7-21(23)25(22)31(27-24)20-6-5-11-29(18-20)13-12-28-9-3-4-10-28/h1-2,7-8,20H,3-6,9-19H2. The highest BCUT2D eigenvalue weighted by Crippen LogP contribution is 2.44. The van der Waals surface area contributed by atoms with Crippen LogP contribution in [0.25, 0.3) is 11.3 Å². The molecular formula is C26H35N5O2S. The largest absolute Gasteiger partial charge is 0.378 e. The molecule has 0 saturated carbocycles. The van der Waals surface area contributed by atoms with Gasteiger partial charge in [-0.15, -0.1) is 11.8 Å². The van der Waals surface area contributed by atoms with Gasteiger partial charge in [-0.2, -0.15) is 5.10 Å². The van der Waals surface area contributed by atoms with Crippen molar-refractivity contribution < 1.29 is 9.53 Å². The lowest BCUT2D eigenvalue weighted by Gasteiger charge is -2.35. The number of nitrogens with zero attached hydrogens (tertiary/aromatic N) is 5. The van der Waals surface area contributed by atoms with E-state index < -0.39 is 0 Å². The number of rotatable bonds is 5. The number of hydrogen-bond donors (Lipinski definition) is 0. The molecule has 3 saturated heterocycles. The second kappa shape index (κ2) is 10.0. The minimum absolute atomic E-state index is 0.0694. The number of carbonyl (C=O) groups excluding carboxylic acids is 1. The van der Waals surface area contributed by atoms with Crippen LogP contribution < -0.4 is 0 Å². The van der Waals surface area contributed by atoms with Gasteiger partial charge in [-0.25, -0.2) is 0 Å². The van der Waals surface area contributed by atoms with Crippen LogP contribution in [0.4, 0.5) is 0 Å². The fraction of sp³-hybridized carbons (Fsp3) is 0.615. The molecule has 6 rings (SSSR count). The maximum Gasteiger partial charge on any atom is 0.274 e. The molecular weight excluding hydrogens is 446 g/mol. The Morgan fingerprint density at radius 1 is 1.00 bits per heavy atom. The van der Waals surface area contributed by atoms with E-state index in [-0.39, 0.29) is 5.91 Å². The first-order valence-electron chi connectivity index (χ1n) is 12.9. The van der Waals surface area contributed by atoms with Crippen molar-refractivity contribution in [3.8, 4) is 11.3 Å². The molecule has 0 spiro atoms. The van der Waals surface area contributed by atoms with Crippen LogP contribution in [0.1, 0.15) is 47.8 Å². The highest BCUT2D eigenvalue weighted by atomic mass is 32.2. The summed E-state index contributed by atoms with van der Waals surface area (Å²) in [5, 5.41) is 5.10. The number of aromatic nitrogens is 2. The van der Waals surface area contributed by atoms with E-state index in [2.05, 4.69) is 38.7 Å². The van der Waals surface area contributed by atoms with Crippen molar-refractivity contribution in [3.05, 3.63) is 35.5 Å². The van der Waals surface area contributed by atoms with E-state index in [0.717, 1.165) is 30.8 Å². The minimum atomic E-state index is 0.0694. The van der Waals surface area contributed by atoms with E-state index in [1.165, 1.54) is 61.6 Å². The summed E-state index contributed by atoms with van der Waals surface area (Å²) in [7, 11) is 0. The van der Waals surface area contributed by atoms with Crippen LogP contribution in [0.3, 0.4) is 0 Å². The Hall–Kier alpha value is -1.87. The van der Waals surface area contributed by atoms with Crippen LogP contribution >= 0.6 is 11.8 Å². The molecule has 1 aromatic heterocycles. The molecule has 0 radical (unpaired) electrons. The Labute approximate surface area is 206 Å². The van der Waals surface area contributed by atoms with Gasteiger partial charge in [-0.05, 0) is 51.4 Å². The average Bonchev–Trinajstić information content (AvgIpc) is 3.56. The predicted octanol–water partition coefficient (Wildman–Crippen LogP) is 3.36. The van der Waals surface area contributed by atoms with Gasteiger partial charge in [0.1, 0.15) is 0 Å². The summed E-state index contributed by atoms with van der Waals surface area (Å²) in [5.41, 5.74) is 4.19. The molecule has 4 aliphatic heterocycles. The van der Waals surface area contributed by atoms with Gasteiger partial charge >= 0.3 is 0 Å². The van der Waals surface area contributed by atoms with E-state index in [1.807, 2.05) is 16.7 Å². The summed E-state index contributed by atoms with van der Waals surface area (Å²) < 4.78 is 7.72. The molecule has 5 heterocycles. The van der Waals surface area contributed by atoms with Crippen LogP contribution in [-0.2, 0) is 10.5 Å². The summed E-state index contributed by atoms with van der Waals surface area (Å²) in [4.78, 5) is 22.0. The normalized spacial score (nSPS) is 23.6. The van der Waals surface area contributed by atoms with Crippen LogP contribution in [0.5, 0.6) is 0 Å². The quantitative estimate of drug-likeness (QED) is 0.653. The van der Waals surface area contributed by atoms with E-state index in [0.29, 0.717) is 38.0 Å². The van der Waals surface area contributed by atoms with Crippen molar-refractivity contribution in [1.29, 1.82) is 0 Å². The Morgan fingerprint density at radius 2 is 1.76 bits per heavy atom. The molecule has 0 bridgehead atoms. The van der Waals surface area contributed by atoms with Crippen LogP contribution in [0.15, 0.2) is 29.2 Å². The third-order valence-corrected chi connectivity index (χ3v) is 8.88. The van der Waals surface area contributed by atoms with Crippen LogP contribution in [0.2, 0.25) is 0 Å². The maximum atomic E-state index is 13.6. The molecule has 0 aliphatic carbocycles. The molecule has 1 aromatic carbocycles. The number of likely N-dealkylation sites (tertiary alicyclic amines) is 2. The third kappa shape index (κ3) is 4.41. The van der Waals surface area contributed by atoms with Gasteiger partial charge in [0.15, 0.2) is 5.69 Å². The zero-order valence-electron chi connectivity index (χ0n) is 20.0. The van der Waals surface area contributed by atoms with E-state index >= 15 is 0 Å². The van der Waals surface area contributed by atoms with Gasteiger partial charge in [-0.3, -0.25) is 14.4 Å². The highest BCUT2D eigenvalue weighted by molar-refractivity contribution is 7.98. The second-order valence-electron chi connectivity index (χ2n) is 9.96. The van der Waals surface area contributed by atoms with Gasteiger partial charge in [0, 0.05) is 54.5 Å². The van der Waals surface area contributed by atoms with Gasteiger partial charge in [0.25, 0.3) is 5.91 Å². The van der Waals surface area contributed by atoms with E-state index in [1.54, 1.807) is 0 Å². The summed E-state index contributed by atoms with van der Waals surface area (Å²) in [6.45, 7) is 9.52. The lowest BCUT2D eigenvalue weighted by Crippen LogP contribution is -2.42. The van der Waals surface area contributed by atoms with Crippen molar-refractivity contribution >= 4 is 17.7 Å². The second-order valence-corrected chi connectivity index (χ2v) is 11.0. The number of piperidine rings is 1. The molecule has 7 nitrogen and oxygen atoms in total. The molecule has 182 valence electrons. The monoisotopic (exact) mass is 481 g/mol. The zero-order valence-corrected chi connectivity index (χ0v) is 20.8. The first-order valence-corrected chi connectivity index (χ1v) is 13.9. The average molecular weight is 482 g/mol. The Kier molecular flexibility index (Phi) is 6.65. The number of thioether (sulfide) groups is 1. The molecule has 1 atom stereocenters. The third-order valence-electron chi connectivity index (χ3n) is 7.78. The summed E-state index contributed by atoms with van der Waals surface area (Å²) in [5.74, 6) is 0.878. The van der Waals surface area contributed by atoms with Crippen molar-refractivity contribution in [1.82, 2.24) is 24.5 Å². The number of fused-ring (bicyclic) bond motifs is 3. The molecule has 1 unspecified atom stereocenters. The predicted molar refractivity (Wildman–Crippen MR) is 134 cm³/mol. The van der Waals surface area contributed by atoms with E-state index in [9.17, 15) is 4.79 Å². The summed E-state index contributed by atoms with van der Waals surface area (Å²) in [6.07, 6.45) is 5.00. The fourth-order valence-electron chi connectivity index (χ4n) is 5.90. The number of morpholine rings is 1. The number of amides is 1. The van der Waals surface area contributed by atoms with Gasteiger partial charge in [-0.1, -0.05) is 18.2 Å². The van der Waals surface area contributed by atoms with Gasteiger partial charge in [0.2, 0.25) is 0 Å². The lowest BCUT2D eigenvalue weighted by atomic mass is 10.0. The van der Waals surface area contributed by atoms with Crippen molar-refractivity contribution in [2.75, 3.05) is 65.6 Å².